The number of carbonyl (C=O) groups is 1. The Morgan fingerprint density at radius 1 is 1.59 bits per heavy atom. The van der Waals surface area contributed by atoms with Gasteiger partial charge < -0.3 is 9.64 Å². The molecule has 0 aliphatic rings. The fourth-order valence-corrected chi connectivity index (χ4v) is 1.69. The molecule has 0 atom stereocenters. The van der Waals surface area contributed by atoms with Gasteiger partial charge in [0.15, 0.2) is 0 Å². The van der Waals surface area contributed by atoms with Crippen LogP contribution in [0.1, 0.15) is 35.8 Å². The molecular formula is C12H21N3O2. The average molecular weight is 239 g/mol. The highest BCUT2D eigenvalue weighted by Gasteiger charge is 2.17. The van der Waals surface area contributed by atoms with E-state index >= 15 is 0 Å². The number of hydrogen-bond acceptors (Lipinski definition) is 4. The number of hydrogen-bond donors (Lipinski definition) is 0. The molecule has 5 nitrogen and oxygen atoms in total. The monoisotopic (exact) mass is 239 g/mol. The van der Waals surface area contributed by atoms with E-state index in [0.29, 0.717) is 12.1 Å². The highest BCUT2D eigenvalue weighted by molar-refractivity contribution is 5.90. The molecule has 0 aliphatic heterocycles. The number of unbranched alkanes of at least 4 members (excludes halogenated alkanes) is 1. The highest BCUT2D eigenvalue weighted by Crippen LogP contribution is 2.11. The molecule has 0 unspecified atom stereocenters. The second kappa shape index (κ2) is 6.39. The molecule has 0 saturated carbocycles. The first-order valence-electron chi connectivity index (χ1n) is 5.87. The van der Waals surface area contributed by atoms with Gasteiger partial charge in [-0.2, -0.15) is 5.10 Å². The van der Waals surface area contributed by atoms with Crippen LogP contribution in [0.5, 0.6) is 0 Å². The van der Waals surface area contributed by atoms with Crippen molar-refractivity contribution in [2.45, 2.75) is 26.3 Å². The molecule has 0 N–H and O–H groups in total. The van der Waals surface area contributed by atoms with Crippen molar-refractivity contribution in [1.82, 2.24) is 14.7 Å². The van der Waals surface area contributed by atoms with Gasteiger partial charge in [0.1, 0.15) is 5.56 Å². The van der Waals surface area contributed by atoms with Crippen LogP contribution in [0.2, 0.25) is 0 Å². The molecule has 1 aromatic heterocycles. The number of aryl methyl sites for hydroxylation is 1. The molecule has 1 rings (SSSR count). The Kier molecular flexibility index (Phi) is 5.15. The van der Waals surface area contributed by atoms with E-state index in [0.717, 1.165) is 18.7 Å². The molecule has 0 saturated heterocycles. The van der Waals surface area contributed by atoms with Gasteiger partial charge in [-0.3, -0.25) is 4.68 Å². The summed E-state index contributed by atoms with van der Waals surface area (Å²) in [5.41, 5.74) is 1.45. The van der Waals surface area contributed by atoms with Crippen LogP contribution in [-0.2, 0) is 18.3 Å². The summed E-state index contributed by atoms with van der Waals surface area (Å²) in [5.74, 6) is -0.322. The summed E-state index contributed by atoms with van der Waals surface area (Å²) in [5, 5.41) is 4.11. The molecule has 96 valence electrons. The molecule has 17 heavy (non-hydrogen) atoms. The molecule has 5 heteroatoms. The molecule has 1 aromatic rings. The lowest BCUT2D eigenvalue weighted by atomic mass is 10.2. The minimum absolute atomic E-state index is 0.322. The minimum atomic E-state index is -0.322. The van der Waals surface area contributed by atoms with Crippen molar-refractivity contribution >= 4 is 5.97 Å². The van der Waals surface area contributed by atoms with Gasteiger partial charge in [-0.25, -0.2) is 4.79 Å². The molecule has 0 aromatic carbocycles. The summed E-state index contributed by atoms with van der Waals surface area (Å²) < 4.78 is 6.47. The van der Waals surface area contributed by atoms with E-state index in [1.54, 1.807) is 10.9 Å². The third-order valence-electron chi connectivity index (χ3n) is 2.78. The Labute approximate surface area is 102 Å². The Hall–Kier alpha value is -1.36. The third kappa shape index (κ3) is 3.56. The fraction of sp³-hybridized carbons (Fsp3) is 0.667. The zero-order valence-corrected chi connectivity index (χ0v) is 11.1. The van der Waals surface area contributed by atoms with Crippen molar-refractivity contribution in [3.05, 3.63) is 17.5 Å². The van der Waals surface area contributed by atoms with Crippen LogP contribution in [0.4, 0.5) is 0 Å². The third-order valence-corrected chi connectivity index (χ3v) is 2.78. The second-order valence-corrected chi connectivity index (χ2v) is 4.21. The molecule has 1 heterocycles. The number of esters is 1. The van der Waals surface area contributed by atoms with Gasteiger partial charge in [0, 0.05) is 13.6 Å². The fourth-order valence-electron chi connectivity index (χ4n) is 1.69. The van der Waals surface area contributed by atoms with E-state index in [9.17, 15) is 4.79 Å². The van der Waals surface area contributed by atoms with Gasteiger partial charge in [0.05, 0.1) is 19.0 Å². The first-order valence-corrected chi connectivity index (χ1v) is 5.87. The van der Waals surface area contributed by atoms with Crippen LogP contribution < -0.4 is 0 Å². The summed E-state index contributed by atoms with van der Waals surface area (Å²) in [6.45, 7) is 3.89. The van der Waals surface area contributed by atoms with Crippen LogP contribution >= 0.6 is 0 Å². The molecule has 0 fully saturated rings. The van der Waals surface area contributed by atoms with Crippen molar-refractivity contribution in [2.24, 2.45) is 7.05 Å². The zero-order chi connectivity index (χ0) is 12.8. The van der Waals surface area contributed by atoms with Gasteiger partial charge in [-0.1, -0.05) is 13.3 Å². The van der Waals surface area contributed by atoms with E-state index in [4.69, 9.17) is 4.74 Å². The summed E-state index contributed by atoms with van der Waals surface area (Å²) >= 11 is 0. The maximum absolute atomic E-state index is 11.5. The normalized spacial score (nSPS) is 10.9. The maximum Gasteiger partial charge on any atom is 0.341 e. The van der Waals surface area contributed by atoms with Crippen molar-refractivity contribution in [3.63, 3.8) is 0 Å². The van der Waals surface area contributed by atoms with E-state index < -0.39 is 0 Å². The Morgan fingerprint density at radius 3 is 2.88 bits per heavy atom. The number of methoxy groups -OCH3 is 1. The van der Waals surface area contributed by atoms with Crippen LogP contribution in [0.25, 0.3) is 0 Å². The minimum Gasteiger partial charge on any atom is -0.465 e. The van der Waals surface area contributed by atoms with Crippen LogP contribution in [0, 0.1) is 0 Å². The largest absolute Gasteiger partial charge is 0.465 e. The lowest BCUT2D eigenvalue weighted by molar-refractivity contribution is 0.0598. The lowest BCUT2D eigenvalue weighted by Gasteiger charge is -2.16. The van der Waals surface area contributed by atoms with Gasteiger partial charge >= 0.3 is 5.97 Å². The SMILES string of the molecule is CCCCN(C)Cc1c(C(=O)OC)cnn1C. The molecule has 0 bridgehead atoms. The summed E-state index contributed by atoms with van der Waals surface area (Å²) in [6, 6.07) is 0. The molecule has 0 aliphatic carbocycles. The lowest BCUT2D eigenvalue weighted by Crippen LogP contribution is -2.22. The van der Waals surface area contributed by atoms with Crippen LogP contribution in [-0.4, -0.2) is 41.4 Å². The number of ether oxygens (including phenoxy) is 1. The second-order valence-electron chi connectivity index (χ2n) is 4.21. The van der Waals surface area contributed by atoms with Crippen LogP contribution in [0.15, 0.2) is 6.20 Å². The highest BCUT2D eigenvalue weighted by atomic mass is 16.5. The molecule has 0 spiro atoms. The zero-order valence-electron chi connectivity index (χ0n) is 11.1. The molecular weight excluding hydrogens is 218 g/mol. The number of carbonyl (C=O) groups excluding carboxylic acids is 1. The standard InChI is InChI=1S/C12H21N3O2/c1-5-6-7-14(2)9-11-10(12(16)17-4)8-13-15(11)3/h8H,5-7,9H2,1-4H3. The van der Waals surface area contributed by atoms with E-state index in [-0.39, 0.29) is 5.97 Å². The first kappa shape index (κ1) is 13.7. The number of nitrogens with zero attached hydrogens (tertiary/aromatic N) is 3. The van der Waals surface area contributed by atoms with Crippen LogP contribution in [0.3, 0.4) is 0 Å². The molecule has 0 amide bonds. The van der Waals surface area contributed by atoms with E-state index in [1.165, 1.54) is 13.5 Å². The Balaban J connectivity index is 2.75. The topological polar surface area (TPSA) is 47.4 Å². The van der Waals surface area contributed by atoms with Gasteiger partial charge in [0.2, 0.25) is 0 Å². The van der Waals surface area contributed by atoms with Gasteiger partial charge in [-0.05, 0) is 20.0 Å². The predicted molar refractivity (Wildman–Crippen MR) is 65.8 cm³/mol. The van der Waals surface area contributed by atoms with Crippen molar-refractivity contribution < 1.29 is 9.53 Å². The number of aromatic nitrogens is 2. The predicted octanol–water partition coefficient (Wildman–Crippen LogP) is 1.44. The van der Waals surface area contributed by atoms with Crippen molar-refractivity contribution in [2.75, 3.05) is 20.7 Å². The smallest absolute Gasteiger partial charge is 0.341 e. The van der Waals surface area contributed by atoms with Crippen molar-refractivity contribution in [1.29, 1.82) is 0 Å². The maximum atomic E-state index is 11.5. The molecule has 0 radical (unpaired) electrons. The average Bonchev–Trinajstić information content (AvgIpc) is 2.67. The number of rotatable bonds is 6. The quantitative estimate of drug-likeness (QED) is 0.705. The summed E-state index contributed by atoms with van der Waals surface area (Å²) in [6.07, 6.45) is 3.89. The Morgan fingerprint density at radius 2 is 2.29 bits per heavy atom. The van der Waals surface area contributed by atoms with Gasteiger partial charge in [-0.15, -0.1) is 0 Å². The summed E-state index contributed by atoms with van der Waals surface area (Å²) in [7, 11) is 5.28. The van der Waals surface area contributed by atoms with E-state index in [2.05, 4.69) is 16.9 Å². The van der Waals surface area contributed by atoms with Crippen molar-refractivity contribution in [3.8, 4) is 0 Å². The van der Waals surface area contributed by atoms with Gasteiger partial charge in [0.25, 0.3) is 0 Å². The summed E-state index contributed by atoms with van der Waals surface area (Å²) in [4.78, 5) is 13.7. The first-order chi connectivity index (χ1) is 8.10. The van der Waals surface area contributed by atoms with E-state index in [1.807, 2.05) is 14.1 Å². The Bertz CT molecular complexity index is 374.